The second kappa shape index (κ2) is 11.0. The summed E-state index contributed by atoms with van der Waals surface area (Å²) in [5.41, 5.74) is 0.576. The number of aryl methyl sites for hydroxylation is 1. The molecule has 0 spiro atoms. The van der Waals surface area contributed by atoms with Crippen molar-refractivity contribution in [2.45, 2.75) is 89.4 Å². The highest BCUT2D eigenvalue weighted by Crippen LogP contribution is 2.47. The fraction of sp³-hybridized carbons (Fsp3) is 0.536. The maximum Gasteiger partial charge on any atom is 0.410 e. The van der Waals surface area contributed by atoms with E-state index < -0.39 is 11.4 Å². The van der Waals surface area contributed by atoms with E-state index in [2.05, 4.69) is 20.3 Å². The van der Waals surface area contributed by atoms with Crippen molar-refractivity contribution in [3.05, 3.63) is 40.9 Å². The van der Waals surface area contributed by atoms with E-state index in [0.717, 1.165) is 60.5 Å². The predicted octanol–water partition coefficient (Wildman–Crippen LogP) is 5.84. The van der Waals surface area contributed by atoms with Gasteiger partial charge in [-0.05, 0) is 82.9 Å². The molecule has 2 aliphatic rings. The summed E-state index contributed by atoms with van der Waals surface area (Å²) >= 11 is 1.64. The first-order valence-corrected chi connectivity index (χ1v) is 14.2. The molecular formula is C28H34FN5O4S. The van der Waals surface area contributed by atoms with Gasteiger partial charge in [-0.3, -0.25) is 4.79 Å². The number of hydrogen-bond acceptors (Lipinski definition) is 8. The van der Waals surface area contributed by atoms with Crippen LogP contribution in [-0.2, 0) is 16.0 Å². The van der Waals surface area contributed by atoms with Crippen molar-refractivity contribution < 1.29 is 23.5 Å². The topological polar surface area (TPSA) is 107 Å². The molecule has 9 nitrogen and oxygen atoms in total. The summed E-state index contributed by atoms with van der Waals surface area (Å²) in [6.45, 7) is 5.60. The molecular weight excluding hydrogens is 521 g/mol. The van der Waals surface area contributed by atoms with Gasteiger partial charge in [-0.2, -0.15) is 0 Å². The number of carbonyl (C=O) groups is 2. The molecule has 5 rings (SSSR count). The van der Waals surface area contributed by atoms with E-state index in [4.69, 9.17) is 9.47 Å². The first kappa shape index (κ1) is 27.2. The van der Waals surface area contributed by atoms with Crippen molar-refractivity contribution in [1.82, 2.24) is 19.9 Å². The monoisotopic (exact) mass is 555 g/mol. The highest BCUT2D eigenvalue weighted by molar-refractivity contribution is 7.19. The van der Waals surface area contributed by atoms with Gasteiger partial charge < -0.3 is 19.7 Å². The first-order valence-electron chi connectivity index (χ1n) is 13.4. The number of rotatable bonds is 6. The quantitative estimate of drug-likeness (QED) is 0.407. The van der Waals surface area contributed by atoms with Crippen molar-refractivity contribution in [3.63, 3.8) is 0 Å². The third kappa shape index (κ3) is 6.29. The second-order valence-corrected chi connectivity index (χ2v) is 12.4. The molecule has 3 aromatic rings. The summed E-state index contributed by atoms with van der Waals surface area (Å²) in [6, 6.07) is 2.83. The summed E-state index contributed by atoms with van der Waals surface area (Å²) in [4.78, 5) is 42.0. The van der Waals surface area contributed by atoms with Crippen LogP contribution in [0.4, 0.5) is 15.0 Å². The fourth-order valence-electron chi connectivity index (χ4n) is 5.39. The van der Waals surface area contributed by atoms with Crippen molar-refractivity contribution >= 4 is 39.4 Å². The highest BCUT2D eigenvalue weighted by Gasteiger charge is 2.34. The number of carbonyl (C=O) groups excluding carboxylic acids is 2. The van der Waals surface area contributed by atoms with Crippen LogP contribution in [0.25, 0.3) is 10.2 Å². The Morgan fingerprint density at radius 3 is 2.59 bits per heavy atom. The van der Waals surface area contributed by atoms with Crippen LogP contribution >= 0.6 is 11.3 Å². The van der Waals surface area contributed by atoms with Crippen LogP contribution in [0.1, 0.15) is 75.7 Å². The Hall–Kier alpha value is -3.34. The minimum absolute atomic E-state index is 0.0146. The van der Waals surface area contributed by atoms with Crippen LogP contribution in [0.3, 0.4) is 0 Å². The molecule has 1 atom stereocenters. The smallest absolute Gasteiger partial charge is 0.410 e. The number of amides is 2. The number of halogens is 1. The van der Waals surface area contributed by atoms with Crippen LogP contribution in [0.2, 0.25) is 0 Å². The van der Waals surface area contributed by atoms with Gasteiger partial charge in [-0.1, -0.05) is 0 Å². The van der Waals surface area contributed by atoms with E-state index in [1.165, 1.54) is 23.3 Å². The summed E-state index contributed by atoms with van der Waals surface area (Å²) in [7, 11) is 1.80. The Labute approximate surface area is 231 Å². The first-order chi connectivity index (χ1) is 18.6. The van der Waals surface area contributed by atoms with Crippen molar-refractivity contribution in [2.24, 2.45) is 0 Å². The minimum atomic E-state index is -0.527. The SMILES string of the molecule is CN(C(=O)OC(C)(C)C)C1CCC(Oc2ncnc3sc4c(c23)[C@@H](CC(=O)Nc2ccc(F)cn2)CC4)CC1. The Balaban J connectivity index is 1.25. The zero-order chi connectivity index (χ0) is 27.7. The van der Waals surface area contributed by atoms with Crippen LogP contribution in [0, 0.1) is 5.82 Å². The lowest BCUT2D eigenvalue weighted by molar-refractivity contribution is -0.116. The zero-order valence-electron chi connectivity index (χ0n) is 22.7. The Kier molecular flexibility index (Phi) is 7.70. The third-order valence-corrected chi connectivity index (χ3v) is 8.45. The molecule has 0 unspecified atom stereocenters. The van der Waals surface area contributed by atoms with Gasteiger partial charge in [0, 0.05) is 24.4 Å². The number of nitrogens with zero attached hydrogens (tertiary/aromatic N) is 4. The molecule has 1 N–H and O–H groups in total. The molecule has 0 aromatic carbocycles. The van der Waals surface area contributed by atoms with E-state index in [0.29, 0.717) is 11.7 Å². The molecule has 2 aliphatic carbocycles. The lowest BCUT2D eigenvalue weighted by Crippen LogP contribution is -2.43. The molecule has 3 heterocycles. The number of aromatic nitrogens is 3. The number of pyridine rings is 1. The van der Waals surface area contributed by atoms with Gasteiger partial charge in [-0.15, -0.1) is 11.3 Å². The summed E-state index contributed by atoms with van der Waals surface area (Å²) < 4.78 is 25.1. The minimum Gasteiger partial charge on any atom is -0.474 e. The predicted molar refractivity (Wildman–Crippen MR) is 147 cm³/mol. The van der Waals surface area contributed by atoms with Gasteiger partial charge in [0.05, 0.1) is 11.6 Å². The van der Waals surface area contributed by atoms with E-state index >= 15 is 0 Å². The fourth-order valence-corrected chi connectivity index (χ4v) is 6.62. The Bertz CT molecular complexity index is 1350. The Morgan fingerprint density at radius 2 is 1.90 bits per heavy atom. The molecule has 0 saturated heterocycles. The van der Waals surface area contributed by atoms with Crippen LogP contribution < -0.4 is 10.1 Å². The molecule has 0 radical (unpaired) electrons. The summed E-state index contributed by atoms with van der Waals surface area (Å²) in [6.07, 6.45) is 7.55. The number of anilines is 1. The van der Waals surface area contributed by atoms with Gasteiger partial charge in [0.25, 0.3) is 0 Å². The van der Waals surface area contributed by atoms with E-state index in [1.807, 2.05) is 20.8 Å². The normalized spacial score (nSPS) is 20.9. The molecule has 208 valence electrons. The van der Waals surface area contributed by atoms with Gasteiger partial charge in [0.2, 0.25) is 11.8 Å². The van der Waals surface area contributed by atoms with E-state index in [-0.39, 0.29) is 36.5 Å². The van der Waals surface area contributed by atoms with Crippen LogP contribution in [-0.4, -0.2) is 56.6 Å². The van der Waals surface area contributed by atoms with Crippen molar-refractivity contribution in [1.29, 1.82) is 0 Å². The maximum atomic E-state index is 13.2. The molecule has 1 saturated carbocycles. The van der Waals surface area contributed by atoms with Crippen molar-refractivity contribution in [2.75, 3.05) is 12.4 Å². The highest BCUT2D eigenvalue weighted by atomic mass is 32.1. The summed E-state index contributed by atoms with van der Waals surface area (Å²) in [5.74, 6) is 0.289. The van der Waals surface area contributed by atoms with Gasteiger partial charge in [0.1, 0.15) is 34.5 Å². The molecule has 2 amide bonds. The van der Waals surface area contributed by atoms with Gasteiger partial charge in [-0.25, -0.2) is 24.1 Å². The number of hydrogen-bond donors (Lipinski definition) is 1. The largest absolute Gasteiger partial charge is 0.474 e. The standard InChI is InChI=1S/C28H34FN5O4S/c1-28(2,3)38-27(36)34(4)18-7-9-19(10-8-18)37-25-24-23-16(5-11-20(23)39-26(24)32-15-31-25)13-22(35)33-21-12-6-17(29)14-30-21/h6,12,14-16,18-19H,5,7-11,13H2,1-4H3,(H,30,33,35)/t16-,18?,19?/m1/s1. The second-order valence-electron chi connectivity index (χ2n) is 11.3. The molecule has 3 aromatic heterocycles. The average molecular weight is 556 g/mol. The van der Waals surface area contributed by atoms with E-state index in [9.17, 15) is 14.0 Å². The molecule has 39 heavy (non-hydrogen) atoms. The molecule has 0 aliphatic heterocycles. The number of thiophene rings is 1. The Morgan fingerprint density at radius 1 is 1.13 bits per heavy atom. The lowest BCUT2D eigenvalue weighted by Gasteiger charge is -2.35. The van der Waals surface area contributed by atoms with Crippen molar-refractivity contribution in [3.8, 4) is 5.88 Å². The maximum absolute atomic E-state index is 13.2. The zero-order valence-corrected chi connectivity index (χ0v) is 23.5. The molecule has 0 bridgehead atoms. The third-order valence-electron chi connectivity index (χ3n) is 7.27. The van der Waals surface area contributed by atoms with Gasteiger partial charge >= 0.3 is 6.09 Å². The van der Waals surface area contributed by atoms with Gasteiger partial charge in [0.15, 0.2) is 0 Å². The number of ether oxygens (including phenoxy) is 2. The lowest BCUT2D eigenvalue weighted by atomic mass is 9.92. The number of fused-ring (bicyclic) bond motifs is 3. The molecule has 1 fully saturated rings. The molecule has 11 heteroatoms. The van der Waals surface area contributed by atoms with Crippen LogP contribution in [0.15, 0.2) is 24.7 Å². The number of nitrogens with one attached hydrogen (secondary N) is 1. The van der Waals surface area contributed by atoms with Crippen LogP contribution in [0.5, 0.6) is 5.88 Å². The average Bonchev–Trinajstić information content (AvgIpc) is 3.44. The van der Waals surface area contributed by atoms with E-state index in [1.54, 1.807) is 23.3 Å². The summed E-state index contributed by atoms with van der Waals surface area (Å²) in [5, 5.41) is 3.67.